The third kappa shape index (κ3) is 4.68. The maximum atomic E-state index is 11.0. The van der Waals surface area contributed by atoms with Gasteiger partial charge in [0.25, 0.3) is 0 Å². The minimum atomic E-state index is -0.286. The van der Waals surface area contributed by atoms with E-state index in [0.717, 1.165) is 18.4 Å². The number of hydrogen-bond acceptors (Lipinski definition) is 2. The molecule has 2 heteroatoms. The van der Waals surface area contributed by atoms with Crippen LogP contribution in [0, 0.1) is 0 Å². The highest BCUT2D eigenvalue weighted by molar-refractivity contribution is 5.66. The van der Waals surface area contributed by atoms with Gasteiger partial charge in [-0.2, -0.15) is 0 Å². The van der Waals surface area contributed by atoms with Crippen molar-refractivity contribution in [2.45, 2.75) is 25.9 Å². The predicted octanol–water partition coefficient (Wildman–Crippen LogP) is 3.29. The van der Waals surface area contributed by atoms with Gasteiger partial charge in [0, 0.05) is 6.92 Å². The maximum Gasteiger partial charge on any atom is 0.303 e. The fourth-order valence-corrected chi connectivity index (χ4v) is 1.59. The van der Waals surface area contributed by atoms with Crippen LogP contribution < -0.4 is 0 Å². The van der Waals surface area contributed by atoms with Gasteiger partial charge in [-0.1, -0.05) is 49.6 Å². The first-order valence-electron chi connectivity index (χ1n) is 5.66. The van der Waals surface area contributed by atoms with Crippen LogP contribution in [0.5, 0.6) is 0 Å². The van der Waals surface area contributed by atoms with E-state index in [2.05, 4.69) is 25.3 Å². The number of ether oxygens (including phenoxy) is 1. The molecule has 1 rings (SSSR count). The summed E-state index contributed by atoms with van der Waals surface area (Å²) in [6.07, 6.45) is 2.95. The van der Waals surface area contributed by atoms with Crippen LogP contribution >= 0.6 is 0 Å². The van der Waals surface area contributed by atoms with Gasteiger partial charge in [-0.05, 0) is 24.0 Å². The summed E-state index contributed by atoms with van der Waals surface area (Å²) >= 11 is 0. The Labute approximate surface area is 103 Å². The van der Waals surface area contributed by atoms with Gasteiger partial charge < -0.3 is 4.74 Å². The third-order valence-corrected chi connectivity index (χ3v) is 2.52. The van der Waals surface area contributed by atoms with Crippen LogP contribution in [-0.2, 0) is 16.0 Å². The molecule has 0 aliphatic heterocycles. The molecule has 0 amide bonds. The van der Waals surface area contributed by atoms with Gasteiger partial charge in [0.2, 0.25) is 0 Å². The second kappa shape index (κ2) is 6.69. The molecule has 0 heterocycles. The molecule has 0 spiro atoms. The predicted molar refractivity (Wildman–Crippen MR) is 69.7 cm³/mol. The van der Waals surface area contributed by atoms with E-state index in [0.29, 0.717) is 0 Å². The third-order valence-electron chi connectivity index (χ3n) is 2.52. The number of carbonyl (C=O) groups is 1. The van der Waals surface area contributed by atoms with Crippen molar-refractivity contribution in [1.82, 2.24) is 0 Å². The molecule has 1 aromatic rings. The Balaban J connectivity index is 2.58. The van der Waals surface area contributed by atoms with E-state index in [4.69, 9.17) is 4.74 Å². The minimum absolute atomic E-state index is 0.273. The summed E-state index contributed by atoms with van der Waals surface area (Å²) in [5.41, 5.74) is 1.97. The van der Waals surface area contributed by atoms with E-state index in [1.807, 2.05) is 18.2 Å². The summed E-state index contributed by atoms with van der Waals surface area (Å²) < 4.78 is 5.22. The Morgan fingerprint density at radius 3 is 2.59 bits per heavy atom. The minimum Gasteiger partial charge on any atom is -0.458 e. The van der Waals surface area contributed by atoms with Crippen molar-refractivity contribution >= 4 is 5.97 Å². The quantitative estimate of drug-likeness (QED) is 0.553. The van der Waals surface area contributed by atoms with Crippen molar-refractivity contribution in [1.29, 1.82) is 0 Å². The zero-order valence-electron chi connectivity index (χ0n) is 10.2. The lowest BCUT2D eigenvalue weighted by molar-refractivity contribution is -0.144. The molecule has 0 aliphatic rings. The molecule has 0 bridgehead atoms. The van der Waals surface area contributed by atoms with E-state index < -0.39 is 0 Å². The van der Waals surface area contributed by atoms with Crippen molar-refractivity contribution in [3.8, 4) is 0 Å². The van der Waals surface area contributed by atoms with Crippen molar-refractivity contribution in [3.63, 3.8) is 0 Å². The molecule has 0 N–H and O–H groups in total. The second-order valence-electron chi connectivity index (χ2n) is 3.90. The number of esters is 1. The second-order valence-corrected chi connectivity index (χ2v) is 3.90. The van der Waals surface area contributed by atoms with Gasteiger partial charge >= 0.3 is 5.97 Å². The molecule has 0 radical (unpaired) electrons. The summed E-state index contributed by atoms with van der Waals surface area (Å²) in [6.45, 7) is 8.91. The van der Waals surface area contributed by atoms with Crippen LogP contribution in [0.15, 0.2) is 55.1 Å². The lowest BCUT2D eigenvalue weighted by Gasteiger charge is -2.17. The Hall–Kier alpha value is -1.83. The molecule has 1 aromatic carbocycles. The fraction of sp³-hybridized carbons (Fsp3) is 0.267. The maximum absolute atomic E-state index is 11.0. The topological polar surface area (TPSA) is 26.3 Å². The molecule has 0 aliphatic carbocycles. The van der Waals surface area contributed by atoms with Gasteiger partial charge in [0.15, 0.2) is 0 Å². The first kappa shape index (κ1) is 13.2. The van der Waals surface area contributed by atoms with Crippen molar-refractivity contribution in [2.75, 3.05) is 0 Å². The monoisotopic (exact) mass is 230 g/mol. The van der Waals surface area contributed by atoms with Gasteiger partial charge in [-0.3, -0.25) is 4.79 Å². The van der Waals surface area contributed by atoms with E-state index >= 15 is 0 Å². The highest BCUT2D eigenvalue weighted by atomic mass is 16.5. The molecule has 0 saturated heterocycles. The number of carbonyl (C=O) groups excluding carboxylic acids is 1. The molecule has 0 fully saturated rings. The van der Waals surface area contributed by atoms with Crippen LogP contribution in [0.3, 0.4) is 0 Å². The fourth-order valence-electron chi connectivity index (χ4n) is 1.59. The molecule has 1 unspecified atom stereocenters. The average molecular weight is 230 g/mol. The van der Waals surface area contributed by atoms with E-state index in [-0.39, 0.29) is 12.1 Å². The summed E-state index contributed by atoms with van der Waals surface area (Å²) in [5.74, 6) is -0.286. The van der Waals surface area contributed by atoms with Crippen LogP contribution in [-0.4, -0.2) is 12.1 Å². The van der Waals surface area contributed by atoms with Crippen molar-refractivity contribution in [3.05, 3.63) is 60.7 Å². The highest BCUT2D eigenvalue weighted by Crippen LogP contribution is 2.14. The molecule has 0 aromatic heterocycles. The SMILES string of the molecule is C=CC(=C)C(CCc1ccccc1)OC(C)=O. The Morgan fingerprint density at radius 1 is 1.41 bits per heavy atom. The van der Waals surface area contributed by atoms with Crippen molar-refractivity contribution in [2.24, 2.45) is 0 Å². The zero-order chi connectivity index (χ0) is 12.7. The molecular formula is C15H18O2. The number of rotatable bonds is 6. The standard InChI is InChI=1S/C15H18O2/c1-4-12(2)15(17-13(3)16)11-10-14-8-6-5-7-9-14/h4-9,15H,1-2,10-11H2,3H3. The molecule has 90 valence electrons. The first-order valence-corrected chi connectivity index (χ1v) is 5.66. The first-order chi connectivity index (χ1) is 8.13. The number of aryl methyl sites for hydroxylation is 1. The number of hydrogen-bond donors (Lipinski definition) is 0. The normalized spacial score (nSPS) is 11.6. The summed E-state index contributed by atoms with van der Waals surface area (Å²) in [5, 5.41) is 0. The smallest absolute Gasteiger partial charge is 0.303 e. The average Bonchev–Trinajstić information content (AvgIpc) is 2.34. The molecule has 2 nitrogen and oxygen atoms in total. The van der Waals surface area contributed by atoms with Gasteiger partial charge in [-0.15, -0.1) is 0 Å². The summed E-state index contributed by atoms with van der Waals surface area (Å²) in [6, 6.07) is 10.1. The lowest BCUT2D eigenvalue weighted by atomic mass is 10.0. The molecular weight excluding hydrogens is 212 g/mol. The summed E-state index contributed by atoms with van der Waals surface area (Å²) in [4.78, 5) is 11.0. The van der Waals surface area contributed by atoms with E-state index in [1.54, 1.807) is 6.08 Å². The number of benzene rings is 1. The largest absolute Gasteiger partial charge is 0.458 e. The Bertz CT molecular complexity index is 393. The molecule has 1 atom stereocenters. The molecule has 0 saturated carbocycles. The van der Waals surface area contributed by atoms with Crippen LogP contribution in [0.25, 0.3) is 0 Å². The van der Waals surface area contributed by atoms with Crippen LogP contribution in [0.4, 0.5) is 0 Å². The van der Waals surface area contributed by atoms with E-state index in [1.165, 1.54) is 12.5 Å². The Morgan fingerprint density at radius 2 is 2.06 bits per heavy atom. The van der Waals surface area contributed by atoms with Crippen molar-refractivity contribution < 1.29 is 9.53 Å². The van der Waals surface area contributed by atoms with Gasteiger partial charge in [-0.25, -0.2) is 0 Å². The Kier molecular flexibility index (Phi) is 5.21. The summed E-state index contributed by atoms with van der Waals surface area (Å²) in [7, 11) is 0. The highest BCUT2D eigenvalue weighted by Gasteiger charge is 2.13. The van der Waals surface area contributed by atoms with E-state index in [9.17, 15) is 4.79 Å². The van der Waals surface area contributed by atoms with Gasteiger partial charge in [0.1, 0.15) is 6.10 Å². The molecule has 17 heavy (non-hydrogen) atoms. The zero-order valence-corrected chi connectivity index (χ0v) is 10.2. The van der Waals surface area contributed by atoms with Gasteiger partial charge in [0.05, 0.1) is 0 Å². The van der Waals surface area contributed by atoms with Crippen LogP contribution in [0.1, 0.15) is 18.9 Å². The van der Waals surface area contributed by atoms with Crippen LogP contribution in [0.2, 0.25) is 0 Å². The lowest BCUT2D eigenvalue weighted by Crippen LogP contribution is -2.18.